The van der Waals surface area contributed by atoms with Crippen molar-refractivity contribution in [3.8, 4) is 0 Å². The fourth-order valence-corrected chi connectivity index (χ4v) is 1.49. The van der Waals surface area contributed by atoms with Gasteiger partial charge in [-0.1, -0.05) is 20.8 Å². The van der Waals surface area contributed by atoms with E-state index < -0.39 is 35.0 Å². The fraction of sp³-hybridized carbons (Fsp3) is 0.500. The van der Waals surface area contributed by atoms with E-state index in [1.54, 1.807) is 20.8 Å². The molecule has 0 aromatic heterocycles. The van der Waals surface area contributed by atoms with Crippen LogP contribution in [-0.4, -0.2) is 11.2 Å². The number of halogens is 3. The minimum absolute atomic E-state index is 0.0313. The minimum Gasteiger partial charge on any atom is -0.391 e. The number of benzene rings is 1. The van der Waals surface area contributed by atoms with Crippen molar-refractivity contribution in [2.75, 3.05) is 0 Å². The zero-order valence-electron chi connectivity index (χ0n) is 9.97. The summed E-state index contributed by atoms with van der Waals surface area (Å²) in [5, 5.41) is 9.90. The largest absolute Gasteiger partial charge is 0.391 e. The molecule has 0 amide bonds. The Morgan fingerprint density at radius 2 is 1.53 bits per heavy atom. The van der Waals surface area contributed by atoms with Gasteiger partial charge in [-0.05, 0) is 23.1 Å². The van der Waals surface area contributed by atoms with Crippen molar-refractivity contribution >= 4 is 0 Å². The summed E-state index contributed by atoms with van der Waals surface area (Å²) in [4.78, 5) is 0. The van der Waals surface area contributed by atoms with E-state index in [0.29, 0.717) is 0 Å². The first-order valence-electron chi connectivity index (χ1n) is 5.22. The molecule has 0 spiro atoms. The summed E-state index contributed by atoms with van der Waals surface area (Å²) in [5.74, 6) is -4.15. The van der Waals surface area contributed by atoms with Crippen molar-refractivity contribution in [2.24, 2.45) is 11.1 Å². The predicted molar refractivity (Wildman–Crippen MR) is 58.7 cm³/mol. The van der Waals surface area contributed by atoms with E-state index in [-0.39, 0.29) is 5.56 Å². The van der Waals surface area contributed by atoms with Gasteiger partial charge in [0.25, 0.3) is 0 Å². The van der Waals surface area contributed by atoms with E-state index in [9.17, 15) is 18.3 Å². The van der Waals surface area contributed by atoms with Gasteiger partial charge in [0.15, 0.2) is 17.5 Å². The van der Waals surface area contributed by atoms with Crippen molar-refractivity contribution in [2.45, 2.75) is 32.9 Å². The van der Waals surface area contributed by atoms with Crippen LogP contribution in [0.5, 0.6) is 0 Å². The average Bonchev–Trinajstić information content (AvgIpc) is 2.21. The molecule has 0 aliphatic heterocycles. The van der Waals surface area contributed by atoms with Crippen LogP contribution in [0.3, 0.4) is 0 Å². The number of rotatable bonds is 2. The van der Waals surface area contributed by atoms with Gasteiger partial charge >= 0.3 is 0 Å². The van der Waals surface area contributed by atoms with Gasteiger partial charge in [0, 0.05) is 0 Å². The Hall–Kier alpha value is -1.07. The third-order valence-corrected chi connectivity index (χ3v) is 2.62. The number of hydrogen-bond acceptors (Lipinski definition) is 2. The SMILES string of the molecule is CC(C)(C)[C@H](O)[C@H](N)c1cc(F)c(F)c(F)c1. The lowest BCUT2D eigenvalue weighted by Gasteiger charge is -2.31. The Morgan fingerprint density at radius 3 is 1.88 bits per heavy atom. The summed E-state index contributed by atoms with van der Waals surface area (Å²) in [6.45, 7) is 5.23. The van der Waals surface area contributed by atoms with E-state index in [1.807, 2.05) is 0 Å². The lowest BCUT2D eigenvalue weighted by Crippen LogP contribution is -2.37. The summed E-state index contributed by atoms with van der Waals surface area (Å²) in [7, 11) is 0. The van der Waals surface area contributed by atoms with Gasteiger partial charge in [-0.15, -0.1) is 0 Å². The van der Waals surface area contributed by atoms with Crippen LogP contribution in [0.1, 0.15) is 32.4 Å². The Labute approximate surface area is 98.3 Å². The van der Waals surface area contributed by atoms with Gasteiger partial charge < -0.3 is 10.8 Å². The van der Waals surface area contributed by atoms with Gasteiger partial charge in [0.2, 0.25) is 0 Å². The van der Waals surface area contributed by atoms with Gasteiger partial charge in [0.05, 0.1) is 12.1 Å². The Bertz CT molecular complexity index is 392. The van der Waals surface area contributed by atoms with Gasteiger partial charge in [-0.2, -0.15) is 0 Å². The lowest BCUT2D eigenvalue weighted by atomic mass is 9.82. The van der Waals surface area contributed by atoms with Crippen LogP contribution >= 0.6 is 0 Å². The van der Waals surface area contributed by atoms with E-state index in [0.717, 1.165) is 12.1 Å². The molecule has 0 bridgehead atoms. The summed E-state index contributed by atoms with van der Waals surface area (Å²) in [6, 6.07) is 0.635. The topological polar surface area (TPSA) is 46.2 Å². The second-order valence-electron chi connectivity index (χ2n) is 5.14. The molecule has 2 nitrogen and oxygen atoms in total. The van der Waals surface area contributed by atoms with E-state index in [2.05, 4.69) is 0 Å². The van der Waals surface area contributed by atoms with Crippen LogP contribution in [0.15, 0.2) is 12.1 Å². The smallest absolute Gasteiger partial charge is 0.194 e. The summed E-state index contributed by atoms with van der Waals surface area (Å²) in [5.41, 5.74) is 5.20. The zero-order valence-corrected chi connectivity index (χ0v) is 9.97. The van der Waals surface area contributed by atoms with Crippen molar-refractivity contribution in [1.29, 1.82) is 0 Å². The van der Waals surface area contributed by atoms with Crippen molar-refractivity contribution in [1.82, 2.24) is 0 Å². The third-order valence-electron chi connectivity index (χ3n) is 2.62. The molecule has 0 radical (unpaired) electrons. The average molecular weight is 247 g/mol. The zero-order chi connectivity index (χ0) is 13.4. The highest BCUT2D eigenvalue weighted by Gasteiger charge is 2.30. The number of aliphatic hydroxyl groups is 1. The van der Waals surface area contributed by atoms with Crippen molar-refractivity contribution in [3.63, 3.8) is 0 Å². The third kappa shape index (κ3) is 2.98. The van der Waals surface area contributed by atoms with E-state index >= 15 is 0 Å². The molecule has 0 saturated carbocycles. The summed E-state index contributed by atoms with van der Waals surface area (Å²) < 4.78 is 38.8. The van der Waals surface area contributed by atoms with E-state index in [1.165, 1.54) is 0 Å². The highest BCUT2D eigenvalue weighted by atomic mass is 19.2. The molecule has 0 saturated heterocycles. The maximum atomic E-state index is 13.0. The Balaban J connectivity index is 3.09. The van der Waals surface area contributed by atoms with Crippen LogP contribution < -0.4 is 5.73 Å². The lowest BCUT2D eigenvalue weighted by molar-refractivity contribution is 0.0399. The van der Waals surface area contributed by atoms with Gasteiger partial charge in [-0.3, -0.25) is 0 Å². The minimum atomic E-state index is -1.54. The standard InChI is InChI=1S/C12H16F3NO/c1-12(2,3)11(17)10(16)6-4-7(13)9(15)8(14)5-6/h4-5,10-11,17H,16H2,1-3H3/t10-,11-/m1/s1. The van der Waals surface area contributed by atoms with Gasteiger partial charge in [-0.25, -0.2) is 13.2 Å². The molecule has 2 atom stereocenters. The van der Waals surface area contributed by atoms with Crippen LogP contribution in [0.2, 0.25) is 0 Å². The molecule has 96 valence electrons. The van der Waals surface area contributed by atoms with Crippen LogP contribution in [0.4, 0.5) is 13.2 Å². The second-order valence-corrected chi connectivity index (χ2v) is 5.14. The van der Waals surface area contributed by atoms with Crippen LogP contribution in [0, 0.1) is 22.9 Å². The second kappa shape index (κ2) is 4.66. The summed E-state index contributed by atoms with van der Waals surface area (Å²) >= 11 is 0. The van der Waals surface area contributed by atoms with Crippen molar-refractivity contribution < 1.29 is 18.3 Å². The first kappa shape index (κ1) is 14.0. The molecule has 1 aromatic carbocycles. The predicted octanol–water partition coefficient (Wildman–Crippen LogP) is 2.51. The molecule has 1 rings (SSSR count). The normalized spacial score (nSPS) is 15.8. The first-order chi connectivity index (χ1) is 7.64. The highest BCUT2D eigenvalue weighted by Crippen LogP contribution is 2.29. The highest BCUT2D eigenvalue weighted by molar-refractivity contribution is 5.23. The number of aliphatic hydroxyl groups excluding tert-OH is 1. The monoisotopic (exact) mass is 247 g/mol. The van der Waals surface area contributed by atoms with Crippen LogP contribution in [0.25, 0.3) is 0 Å². The Morgan fingerprint density at radius 1 is 1.12 bits per heavy atom. The number of nitrogens with two attached hydrogens (primary N) is 1. The molecule has 17 heavy (non-hydrogen) atoms. The van der Waals surface area contributed by atoms with E-state index in [4.69, 9.17) is 5.73 Å². The number of hydrogen-bond donors (Lipinski definition) is 2. The van der Waals surface area contributed by atoms with Crippen molar-refractivity contribution in [3.05, 3.63) is 35.1 Å². The molecular weight excluding hydrogens is 231 g/mol. The molecule has 0 aliphatic rings. The van der Waals surface area contributed by atoms with Gasteiger partial charge in [0.1, 0.15) is 0 Å². The molecule has 0 heterocycles. The quantitative estimate of drug-likeness (QED) is 0.789. The van der Waals surface area contributed by atoms with Crippen LogP contribution in [-0.2, 0) is 0 Å². The molecule has 0 aliphatic carbocycles. The molecule has 5 heteroatoms. The molecule has 0 unspecified atom stereocenters. The maximum Gasteiger partial charge on any atom is 0.194 e. The first-order valence-corrected chi connectivity index (χ1v) is 5.22. The molecule has 0 fully saturated rings. The molecule has 3 N–H and O–H groups in total. The maximum absolute atomic E-state index is 13.0. The molecular formula is C12H16F3NO. The molecule has 1 aromatic rings. The fourth-order valence-electron chi connectivity index (χ4n) is 1.49. The summed E-state index contributed by atoms with van der Waals surface area (Å²) in [6.07, 6.45) is -0.994. The Kier molecular flexibility index (Phi) is 3.84.